The van der Waals surface area contributed by atoms with Crippen LogP contribution in [0, 0.1) is 5.92 Å². The van der Waals surface area contributed by atoms with Crippen LogP contribution >= 0.6 is 0 Å². The number of aryl methyl sites for hydroxylation is 2. The molecule has 1 unspecified atom stereocenters. The molecule has 0 N–H and O–H groups in total. The molecular formula is C20H22O4. The van der Waals surface area contributed by atoms with Gasteiger partial charge >= 0.3 is 5.97 Å². The van der Waals surface area contributed by atoms with Gasteiger partial charge in [0.2, 0.25) is 0 Å². The molecule has 4 nitrogen and oxygen atoms in total. The van der Waals surface area contributed by atoms with Crippen LogP contribution in [0.4, 0.5) is 0 Å². The van der Waals surface area contributed by atoms with Gasteiger partial charge in [0.05, 0.1) is 0 Å². The summed E-state index contributed by atoms with van der Waals surface area (Å²) >= 11 is 0. The summed E-state index contributed by atoms with van der Waals surface area (Å²) in [6, 6.07) is 8.42. The van der Waals surface area contributed by atoms with E-state index in [1.54, 1.807) is 0 Å². The Bertz CT molecular complexity index is 687. The maximum atomic E-state index is 12.2. The van der Waals surface area contributed by atoms with Crippen molar-refractivity contribution in [3.05, 3.63) is 47.2 Å². The van der Waals surface area contributed by atoms with Crippen LogP contribution in [0.15, 0.2) is 36.1 Å². The molecule has 126 valence electrons. The monoisotopic (exact) mass is 326 g/mol. The van der Waals surface area contributed by atoms with E-state index in [9.17, 15) is 14.4 Å². The number of hydrogen-bond acceptors (Lipinski definition) is 4. The average molecular weight is 326 g/mol. The molecule has 2 aliphatic heterocycles. The van der Waals surface area contributed by atoms with Crippen molar-refractivity contribution in [3.8, 4) is 0 Å². The summed E-state index contributed by atoms with van der Waals surface area (Å²) in [5.74, 6) is -2.27. The van der Waals surface area contributed by atoms with Crippen molar-refractivity contribution in [1.82, 2.24) is 0 Å². The van der Waals surface area contributed by atoms with Gasteiger partial charge in [0, 0.05) is 18.9 Å². The lowest BCUT2D eigenvalue weighted by atomic mass is 9.92. The van der Waals surface area contributed by atoms with Crippen LogP contribution in [-0.4, -0.2) is 17.5 Å². The number of hydrogen-bond donors (Lipinski definition) is 0. The highest BCUT2D eigenvalue weighted by Crippen LogP contribution is 2.24. The Balaban J connectivity index is 1.78. The molecule has 1 atom stereocenters. The number of ether oxygens (including phenoxy) is 1. The Morgan fingerprint density at radius 1 is 0.792 bits per heavy atom. The topological polar surface area (TPSA) is 60.4 Å². The highest BCUT2D eigenvalue weighted by atomic mass is 16.5. The molecule has 0 fully saturated rings. The van der Waals surface area contributed by atoms with E-state index >= 15 is 0 Å². The molecule has 0 aromatic heterocycles. The lowest BCUT2D eigenvalue weighted by Gasteiger charge is -2.19. The van der Waals surface area contributed by atoms with E-state index in [-0.39, 0.29) is 12.2 Å². The van der Waals surface area contributed by atoms with E-state index in [4.69, 9.17) is 4.74 Å². The van der Waals surface area contributed by atoms with Crippen molar-refractivity contribution in [3.63, 3.8) is 0 Å². The van der Waals surface area contributed by atoms with Crippen LogP contribution in [0.25, 0.3) is 0 Å². The maximum Gasteiger partial charge on any atom is 0.329 e. The molecule has 2 bridgehead atoms. The number of Topliss-reactive ketones (excluding diaryl/α,β-unsaturated/α-hetero) is 1. The van der Waals surface area contributed by atoms with Crippen LogP contribution < -0.4 is 0 Å². The van der Waals surface area contributed by atoms with Gasteiger partial charge in [0.15, 0.2) is 17.5 Å². The van der Waals surface area contributed by atoms with Crippen LogP contribution in [0.3, 0.4) is 0 Å². The van der Waals surface area contributed by atoms with Gasteiger partial charge in [-0.05, 0) is 49.7 Å². The Labute approximate surface area is 141 Å². The average Bonchev–Trinajstić information content (AvgIpc) is 2.56. The zero-order chi connectivity index (χ0) is 16.9. The fourth-order valence-corrected chi connectivity index (χ4v) is 3.41. The molecule has 24 heavy (non-hydrogen) atoms. The first-order valence-corrected chi connectivity index (χ1v) is 8.71. The van der Waals surface area contributed by atoms with Gasteiger partial charge in [0.1, 0.15) is 5.76 Å². The minimum absolute atomic E-state index is 0.247. The fourth-order valence-electron chi connectivity index (χ4n) is 3.41. The van der Waals surface area contributed by atoms with Gasteiger partial charge in [0.25, 0.3) is 0 Å². The van der Waals surface area contributed by atoms with Gasteiger partial charge in [-0.2, -0.15) is 0 Å². The number of rotatable bonds is 0. The largest absolute Gasteiger partial charge is 0.430 e. The van der Waals surface area contributed by atoms with E-state index in [1.807, 2.05) is 6.07 Å². The second-order valence-electron chi connectivity index (χ2n) is 6.52. The first kappa shape index (κ1) is 16.6. The van der Waals surface area contributed by atoms with Crippen molar-refractivity contribution in [2.45, 2.75) is 51.4 Å². The number of esters is 1. The lowest BCUT2D eigenvalue weighted by Crippen LogP contribution is -2.35. The molecule has 0 spiro atoms. The Morgan fingerprint density at radius 2 is 1.38 bits per heavy atom. The van der Waals surface area contributed by atoms with Gasteiger partial charge in [-0.15, -0.1) is 0 Å². The number of ketones is 2. The summed E-state index contributed by atoms with van der Waals surface area (Å²) in [6.07, 6.45) is 7.43. The number of fused-ring (bicyclic) bond motifs is 9. The third-order valence-corrected chi connectivity index (χ3v) is 4.73. The highest BCUT2D eigenvalue weighted by molar-refractivity contribution is 6.22. The van der Waals surface area contributed by atoms with Crippen molar-refractivity contribution in [2.75, 3.05) is 0 Å². The molecule has 0 saturated carbocycles. The molecule has 1 aliphatic carbocycles. The van der Waals surface area contributed by atoms with Crippen LogP contribution in [-0.2, 0) is 32.0 Å². The molecule has 0 saturated heterocycles. The zero-order valence-electron chi connectivity index (χ0n) is 13.8. The highest BCUT2D eigenvalue weighted by Gasteiger charge is 2.37. The van der Waals surface area contributed by atoms with E-state index < -0.39 is 17.7 Å². The Kier molecular flexibility index (Phi) is 5.24. The summed E-state index contributed by atoms with van der Waals surface area (Å²) in [5.41, 5.74) is 2.69. The summed E-state index contributed by atoms with van der Waals surface area (Å²) in [7, 11) is 0. The van der Waals surface area contributed by atoms with E-state index in [0.717, 1.165) is 32.1 Å². The SMILES string of the molecule is O=C1C=C2CCCCc3ccccc3CCCCC(=O)C1C(=O)O2. The van der Waals surface area contributed by atoms with Gasteiger partial charge < -0.3 is 4.74 Å². The Hall–Kier alpha value is -2.23. The van der Waals surface area contributed by atoms with Crippen molar-refractivity contribution < 1.29 is 19.1 Å². The molecule has 4 heteroatoms. The van der Waals surface area contributed by atoms with Crippen molar-refractivity contribution >= 4 is 17.5 Å². The van der Waals surface area contributed by atoms with Crippen LogP contribution in [0.1, 0.15) is 49.7 Å². The molecule has 1 aromatic carbocycles. The Morgan fingerprint density at radius 3 is 2.00 bits per heavy atom. The maximum absolute atomic E-state index is 12.2. The minimum atomic E-state index is -1.24. The first-order valence-electron chi connectivity index (χ1n) is 8.71. The summed E-state index contributed by atoms with van der Waals surface area (Å²) < 4.78 is 5.22. The van der Waals surface area contributed by atoms with Crippen molar-refractivity contribution in [1.29, 1.82) is 0 Å². The van der Waals surface area contributed by atoms with Gasteiger partial charge in [-0.3, -0.25) is 14.4 Å². The lowest BCUT2D eigenvalue weighted by molar-refractivity contribution is -0.153. The number of carbonyl (C=O) groups excluding carboxylic acids is 3. The summed E-state index contributed by atoms with van der Waals surface area (Å²) in [5, 5.41) is 0. The number of carbonyl (C=O) groups is 3. The van der Waals surface area contributed by atoms with E-state index in [0.29, 0.717) is 18.6 Å². The zero-order valence-corrected chi connectivity index (χ0v) is 13.8. The number of benzene rings is 1. The molecule has 4 rings (SSSR count). The van der Waals surface area contributed by atoms with Gasteiger partial charge in [-0.1, -0.05) is 24.3 Å². The van der Waals surface area contributed by atoms with E-state index in [1.165, 1.54) is 17.2 Å². The third-order valence-electron chi connectivity index (χ3n) is 4.73. The van der Waals surface area contributed by atoms with Gasteiger partial charge in [-0.25, -0.2) is 0 Å². The second-order valence-corrected chi connectivity index (χ2v) is 6.52. The standard InChI is InChI=1S/C20H22O4/c21-17-12-6-4-10-15-8-2-1-7-14(15)9-3-5-11-16-13-18(22)19(17)20(23)24-16/h1-2,7-8,13,19H,3-6,9-12H2. The summed E-state index contributed by atoms with van der Waals surface area (Å²) in [4.78, 5) is 36.3. The predicted octanol–water partition coefficient (Wildman–Crippen LogP) is 3.32. The molecule has 0 amide bonds. The quantitative estimate of drug-likeness (QED) is 0.542. The third kappa shape index (κ3) is 3.81. The normalized spacial score (nSPS) is 22.9. The predicted molar refractivity (Wildman–Crippen MR) is 89.2 cm³/mol. The molecule has 1 aromatic rings. The number of allylic oxidation sites excluding steroid dienone is 2. The second kappa shape index (κ2) is 7.56. The fraction of sp³-hybridized carbons (Fsp3) is 0.450. The molecule has 2 heterocycles. The summed E-state index contributed by atoms with van der Waals surface area (Å²) in [6.45, 7) is 0. The minimum Gasteiger partial charge on any atom is -0.430 e. The van der Waals surface area contributed by atoms with Crippen LogP contribution in [0.2, 0.25) is 0 Å². The first-order chi connectivity index (χ1) is 11.6. The smallest absolute Gasteiger partial charge is 0.329 e. The molecule has 0 radical (unpaired) electrons. The van der Waals surface area contributed by atoms with Crippen LogP contribution in [0.5, 0.6) is 0 Å². The van der Waals surface area contributed by atoms with E-state index in [2.05, 4.69) is 18.2 Å². The molecule has 3 aliphatic rings. The van der Waals surface area contributed by atoms with Crippen molar-refractivity contribution in [2.24, 2.45) is 5.92 Å². The molecular weight excluding hydrogens is 304 g/mol.